The molecule has 1 unspecified atom stereocenters. The van der Waals surface area contributed by atoms with E-state index in [1.54, 1.807) is 4.57 Å². The Labute approximate surface area is 166 Å². The third kappa shape index (κ3) is 2.23. The molecule has 0 amide bonds. The fourth-order valence-electron chi connectivity index (χ4n) is 4.17. The van der Waals surface area contributed by atoms with E-state index in [0.29, 0.717) is 5.69 Å². The van der Waals surface area contributed by atoms with Crippen LogP contribution in [0.5, 0.6) is 0 Å². The van der Waals surface area contributed by atoms with Crippen LogP contribution in [0.2, 0.25) is 0 Å². The number of imidazole rings is 1. The first-order chi connectivity index (χ1) is 14.8. The predicted molar refractivity (Wildman–Crippen MR) is 109 cm³/mol. The lowest BCUT2D eigenvalue weighted by Crippen LogP contribution is -2.37. The lowest BCUT2D eigenvalue weighted by molar-refractivity contribution is -0.609. The maximum Gasteiger partial charge on any atom is 0.264 e. The molecule has 0 N–H and O–H groups in total. The first-order valence-corrected chi connectivity index (χ1v) is 9.16. The van der Waals surface area contributed by atoms with Gasteiger partial charge in [-0.3, -0.25) is 0 Å². The zero-order valence-corrected chi connectivity index (χ0v) is 15.4. The van der Waals surface area contributed by atoms with Gasteiger partial charge in [0.15, 0.2) is 5.69 Å². The number of fused-ring (bicyclic) bond motifs is 3. The summed E-state index contributed by atoms with van der Waals surface area (Å²) in [6, 6.07) is 25.1. The zero-order valence-electron chi connectivity index (χ0n) is 19.4. The van der Waals surface area contributed by atoms with E-state index in [1.165, 1.54) is 0 Å². The average molecular weight is 355 g/mol. The summed E-state index contributed by atoms with van der Waals surface area (Å²) < 4.78 is 38.6. The van der Waals surface area contributed by atoms with Crippen LogP contribution in [0, 0.1) is 20.7 Å². The minimum atomic E-state index is -2.37. The molecule has 0 radical (unpaired) electrons. The molecule has 0 fully saturated rings. The van der Waals surface area contributed by atoms with E-state index in [9.17, 15) is 1.37 Å². The van der Waals surface area contributed by atoms with Gasteiger partial charge in [0.2, 0.25) is 0 Å². The highest BCUT2D eigenvalue weighted by Crippen LogP contribution is 2.44. The van der Waals surface area contributed by atoms with Gasteiger partial charge in [0, 0.05) is 24.8 Å². The summed E-state index contributed by atoms with van der Waals surface area (Å²) in [6.45, 7) is 1.53. The number of rotatable bonds is 2. The van der Waals surface area contributed by atoms with Crippen LogP contribution < -0.4 is 4.57 Å². The number of nitrogens with zero attached hydrogens (tertiary/aromatic N) is 2. The fraction of sp³-hybridized carbons (Fsp3) is 0.160. The molecule has 0 saturated heterocycles. The first kappa shape index (κ1) is 12.3. The van der Waals surface area contributed by atoms with Gasteiger partial charge < -0.3 is 0 Å². The number of aryl methyl sites for hydroxylation is 1. The SMILES string of the molecule is [2H]C([2H])([2H])c1n2c(c(C)[n+]1-c1ccccc1C)C([2H])(c1ccccc1)c1ccccc1-2. The summed E-state index contributed by atoms with van der Waals surface area (Å²) in [5, 5.41) is 0. The van der Waals surface area contributed by atoms with E-state index in [0.717, 1.165) is 33.8 Å². The highest BCUT2D eigenvalue weighted by Gasteiger charge is 2.42. The molecule has 1 aromatic heterocycles. The second-order valence-corrected chi connectivity index (χ2v) is 6.97. The van der Waals surface area contributed by atoms with Crippen molar-refractivity contribution in [3.63, 3.8) is 0 Å². The number of benzene rings is 3. The maximum absolute atomic E-state index is 9.74. The third-order valence-electron chi connectivity index (χ3n) is 5.40. The van der Waals surface area contributed by atoms with Crippen molar-refractivity contribution in [2.75, 3.05) is 0 Å². The standard InChI is InChI=1S/C25H23N2/c1-17-11-7-9-15-22(17)26-18(2)25-24(20-12-5-4-6-13-20)21-14-8-10-16-23(21)27(25)19(26)3/h4-16,24H,1-3H3/q+1/i3D3,24D. The van der Waals surface area contributed by atoms with Crippen molar-refractivity contribution in [2.45, 2.75) is 26.6 Å². The summed E-state index contributed by atoms with van der Waals surface area (Å²) in [7, 11) is 0. The number of para-hydroxylation sites is 2. The summed E-state index contributed by atoms with van der Waals surface area (Å²) >= 11 is 0. The van der Waals surface area contributed by atoms with Crippen LogP contribution in [0.1, 0.15) is 45.3 Å². The van der Waals surface area contributed by atoms with Crippen molar-refractivity contribution in [2.24, 2.45) is 0 Å². The molecule has 3 aromatic carbocycles. The maximum atomic E-state index is 9.74. The van der Waals surface area contributed by atoms with Crippen LogP contribution in [0.4, 0.5) is 0 Å². The Kier molecular flexibility index (Phi) is 2.71. The summed E-state index contributed by atoms with van der Waals surface area (Å²) in [5.41, 5.74) is 5.59. The third-order valence-corrected chi connectivity index (χ3v) is 5.40. The Hall–Kier alpha value is -3.13. The molecule has 132 valence electrons. The Bertz CT molecular complexity index is 1310. The molecule has 2 nitrogen and oxygen atoms in total. The van der Waals surface area contributed by atoms with Crippen LogP contribution in [0.15, 0.2) is 78.9 Å². The molecule has 0 spiro atoms. The Morgan fingerprint density at radius 3 is 2.37 bits per heavy atom. The quantitative estimate of drug-likeness (QED) is 0.439. The second-order valence-electron chi connectivity index (χ2n) is 6.97. The minimum absolute atomic E-state index is 0.201. The number of aromatic nitrogens is 2. The zero-order chi connectivity index (χ0) is 22.0. The Balaban J connectivity index is 1.97. The van der Waals surface area contributed by atoms with Crippen molar-refractivity contribution in [1.82, 2.24) is 4.57 Å². The molecule has 1 aliphatic heterocycles. The van der Waals surface area contributed by atoms with Gasteiger partial charge in [0.05, 0.1) is 5.89 Å². The van der Waals surface area contributed by atoms with E-state index in [4.69, 9.17) is 4.11 Å². The van der Waals surface area contributed by atoms with Crippen molar-refractivity contribution in [3.05, 3.63) is 113 Å². The normalized spacial score (nSPS) is 20.2. The van der Waals surface area contributed by atoms with E-state index >= 15 is 0 Å². The van der Waals surface area contributed by atoms with Gasteiger partial charge in [0.25, 0.3) is 5.82 Å². The topological polar surface area (TPSA) is 8.81 Å². The molecule has 1 atom stereocenters. The molecule has 0 saturated carbocycles. The van der Waals surface area contributed by atoms with Crippen LogP contribution in [-0.2, 0) is 0 Å². The van der Waals surface area contributed by atoms with E-state index in [-0.39, 0.29) is 5.82 Å². The van der Waals surface area contributed by atoms with Crippen molar-refractivity contribution >= 4 is 0 Å². The molecule has 4 aromatic rings. The average Bonchev–Trinajstić information content (AvgIpc) is 3.21. The van der Waals surface area contributed by atoms with Gasteiger partial charge in [-0.1, -0.05) is 66.7 Å². The summed E-state index contributed by atoms with van der Waals surface area (Å²) in [4.78, 5) is 0. The van der Waals surface area contributed by atoms with E-state index < -0.39 is 12.7 Å². The number of hydrogen-bond donors (Lipinski definition) is 0. The monoisotopic (exact) mass is 355 g/mol. The van der Waals surface area contributed by atoms with Gasteiger partial charge in [-0.15, -0.1) is 0 Å². The van der Waals surface area contributed by atoms with Crippen molar-refractivity contribution < 1.29 is 10.1 Å². The van der Waals surface area contributed by atoms with Gasteiger partial charge in [0.1, 0.15) is 17.1 Å². The van der Waals surface area contributed by atoms with Gasteiger partial charge in [-0.25, -0.2) is 0 Å². The van der Waals surface area contributed by atoms with Gasteiger partial charge >= 0.3 is 0 Å². The Morgan fingerprint density at radius 2 is 1.59 bits per heavy atom. The van der Waals surface area contributed by atoms with Crippen LogP contribution >= 0.6 is 0 Å². The molecule has 2 heterocycles. The molecule has 27 heavy (non-hydrogen) atoms. The largest absolute Gasteiger partial charge is 0.264 e. The smallest absolute Gasteiger partial charge is 0.197 e. The minimum Gasteiger partial charge on any atom is -0.197 e. The Morgan fingerprint density at radius 1 is 0.889 bits per heavy atom. The van der Waals surface area contributed by atoms with Crippen LogP contribution in [0.3, 0.4) is 0 Å². The van der Waals surface area contributed by atoms with Crippen molar-refractivity contribution in [3.8, 4) is 11.4 Å². The molecule has 2 heteroatoms. The van der Waals surface area contributed by atoms with Crippen LogP contribution in [0.25, 0.3) is 11.4 Å². The highest BCUT2D eigenvalue weighted by atomic mass is 15.2. The lowest BCUT2D eigenvalue weighted by Gasteiger charge is -2.11. The fourth-order valence-corrected chi connectivity index (χ4v) is 4.17. The second kappa shape index (κ2) is 5.95. The van der Waals surface area contributed by atoms with Crippen LogP contribution in [-0.4, -0.2) is 4.57 Å². The molecular formula is C25H23N2+. The molecule has 5 rings (SSSR count). The summed E-state index contributed by atoms with van der Waals surface area (Å²) in [6.07, 6.45) is 0. The molecule has 0 bridgehead atoms. The molecule has 1 aliphatic rings. The lowest BCUT2D eigenvalue weighted by atomic mass is 9.89. The first-order valence-electron chi connectivity index (χ1n) is 11.2. The van der Waals surface area contributed by atoms with E-state index in [2.05, 4.69) is 0 Å². The molecular weight excluding hydrogens is 328 g/mol. The van der Waals surface area contributed by atoms with Crippen molar-refractivity contribution in [1.29, 1.82) is 0 Å². The van der Waals surface area contributed by atoms with E-state index in [1.807, 2.05) is 97.3 Å². The summed E-state index contributed by atoms with van der Waals surface area (Å²) in [5.74, 6) is -1.01. The molecule has 0 aliphatic carbocycles. The highest BCUT2D eigenvalue weighted by molar-refractivity contribution is 5.59. The van der Waals surface area contributed by atoms with Gasteiger partial charge in [-0.05, 0) is 30.2 Å². The number of hydrogen-bond acceptors (Lipinski definition) is 0. The predicted octanol–water partition coefficient (Wildman–Crippen LogP) is 5.17. The van der Waals surface area contributed by atoms with Gasteiger partial charge in [-0.2, -0.15) is 9.13 Å².